The van der Waals surface area contributed by atoms with Gasteiger partial charge in [0.05, 0.1) is 17.7 Å². The van der Waals surface area contributed by atoms with Crippen molar-refractivity contribution in [1.29, 1.82) is 5.26 Å². The number of nitrogen functional groups attached to an aromatic ring is 1. The number of aromatic nitrogens is 1. The molecular weight excluding hydrogens is 226 g/mol. The number of hydrogen-bond donors (Lipinski definition) is 2. The van der Waals surface area contributed by atoms with Crippen LogP contribution in [0, 0.1) is 11.3 Å². The van der Waals surface area contributed by atoms with Crippen molar-refractivity contribution in [1.82, 2.24) is 4.98 Å². The van der Waals surface area contributed by atoms with Crippen LogP contribution in [0.2, 0.25) is 0 Å². The van der Waals surface area contributed by atoms with Crippen LogP contribution in [0.1, 0.15) is 22.8 Å². The fourth-order valence-electron chi connectivity index (χ4n) is 1.77. The Balaban J connectivity index is 2.20. The molecule has 0 saturated heterocycles. The summed E-state index contributed by atoms with van der Waals surface area (Å²) < 4.78 is 0. The summed E-state index contributed by atoms with van der Waals surface area (Å²) in [4.78, 5) is 3.97. The molecule has 0 bridgehead atoms. The number of anilines is 1. The minimum absolute atomic E-state index is 0.383. The predicted octanol–water partition coefficient (Wildman–Crippen LogP) is 1.81. The van der Waals surface area contributed by atoms with Crippen molar-refractivity contribution in [2.45, 2.75) is 12.5 Å². The van der Waals surface area contributed by atoms with E-state index in [1.807, 2.05) is 12.1 Å². The SMILES string of the molecule is N#Cc1cccc(C(O)Cc2cccnc2N)c1. The van der Waals surface area contributed by atoms with Gasteiger partial charge in [-0.1, -0.05) is 18.2 Å². The molecule has 4 heteroatoms. The van der Waals surface area contributed by atoms with Crippen molar-refractivity contribution in [3.05, 3.63) is 59.3 Å². The molecule has 0 amide bonds. The molecule has 0 radical (unpaired) electrons. The first-order chi connectivity index (χ1) is 8.70. The third-order valence-corrected chi connectivity index (χ3v) is 2.74. The molecule has 0 aliphatic carbocycles. The van der Waals surface area contributed by atoms with Crippen LogP contribution in [0.5, 0.6) is 0 Å². The maximum Gasteiger partial charge on any atom is 0.126 e. The van der Waals surface area contributed by atoms with Gasteiger partial charge >= 0.3 is 0 Å². The first-order valence-corrected chi connectivity index (χ1v) is 5.58. The van der Waals surface area contributed by atoms with E-state index < -0.39 is 6.10 Å². The van der Waals surface area contributed by atoms with Crippen LogP contribution in [0.3, 0.4) is 0 Å². The molecule has 0 saturated carbocycles. The molecule has 2 aromatic rings. The minimum atomic E-state index is -0.690. The summed E-state index contributed by atoms with van der Waals surface area (Å²) >= 11 is 0. The fraction of sp³-hybridized carbons (Fsp3) is 0.143. The third-order valence-electron chi connectivity index (χ3n) is 2.74. The zero-order valence-corrected chi connectivity index (χ0v) is 9.74. The second-order valence-electron chi connectivity index (χ2n) is 4.00. The first-order valence-electron chi connectivity index (χ1n) is 5.58. The van der Waals surface area contributed by atoms with E-state index in [0.717, 1.165) is 5.56 Å². The summed E-state index contributed by atoms with van der Waals surface area (Å²) in [5, 5.41) is 18.9. The lowest BCUT2D eigenvalue weighted by Crippen LogP contribution is -2.05. The van der Waals surface area contributed by atoms with Crippen LogP contribution in [0.4, 0.5) is 5.82 Å². The van der Waals surface area contributed by atoms with Crippen molar-refractivity contribution in [3.63, 3.8) is 0 Å². The summed E-state index contributed by atoms with van der Waals surface area (Å²) in [6.45, 7) is 0. The summed E-state index contributed by atoms with van der Waals surface area (Å²) in [7, 11) is 0. The van der Waals surface area contributed by atoms with Crippen LogP contribution in [0.25, 0.3) is 0 Å². The average molecular weight is 239 g/mol. The molecule has 1 unspecified atom stereocenters. The molecule has 1 aromatic carbocycles. The van der Waals surface area contributed by atoms with Gasteiger partial charge in [-0.15, -0.1) is 0 Å². The normalized spacial score (nSPS) is 11.8. The Morgan fingerprint density at radius 1 is 1.33 bits per heavy atom. The van der Waals surface area contributed by atoms with E-state index >= 15 is 0 Å². The molecular formula is C14H13N3O. The lowest BCUT2D eigenvalue weighted by Gasteiger charge is -2.12. The van der Waals surface area contributed by atoms with E-state index in [-0.39, 0.29) is 0 Å². The van der Waals surface area contributed by atoms with Gasteiger partial charge in [0.2, 0.25) is 0 Å². The molecule has 0 aliphatic heterocycles. The van der Waals surface area contributed by atoms with Gasteiger partial charge in [0.25, 0.3) is 0 Å². The number of nitriles is 1. The number of benzene rings is 1. The molecule has 1 heterocycles. The Hall–Kier alpha value is -2.38. The molecule has 90 valence electrons. The van der Waals surface area contributed by atoms with Gasteiger partial charge in [0, 0.05) is 12.6 Å². The van der Waals surface area contributed by atoms with Gasteiger partial charge in [-0.05, 0) is 29.3 Å². The van der Waals surface area contributed by atoms with E-state index in [1.165, 1.54) is 0 Å². The molecule has 4 nitrogen and oxygen atoms in total. The standard InChI is InChI=1S/C14H13N3O/c15-9-10-3-1-4-11(7-10)13(18)8-12-5-2-6-17-14(12)16/h1-7,13,18H,8H2,(H2,16,17). The maximum atomic E-state index is 10.1. The Morgan fingerprint density at radius 3 is 2.89 bits per heavy atom. The number of hydrogen-bond acceptors (Lipinski definition) is 4. The van der Waals surface area contributed by atoms with E-state index in [0.29, 0.717) is 23.4 Å². The van der Waals surface area contributed by atoms with E-state index in [1.54, 1.807) is 36.5 Å². The highest BCUT2D eigenvalue weighted by Gasteiger charge is 2.11. The fourth-order valence-corrected chi connectivity index (χ4v) is 1.77. The quantitative estimate of drug-likeness (QED) is 0.855. The van der Waals surface area contributed by atoms with E-state index in [9.17, 15) is 5.11 Å². The van der Waals surface area contributed by atoms with Crippen molar-refractivity contribution in [2.24, 2.45) is 0 Å². The molecule has 1 atom stereocenters. The van der Waals surface area contributed by atoms with E-state index in [4.69, 9.17) is 11.0 Å². The number of rotatable bonds is 3. The van der Waals surface area contributed by atoms with Crippen molar-refractivity contribution in [2.75, 3.05) is 5.73 Å². The lowest BCUT2D eigenvalue weighted by molar-refractivity contribution is 0.178. The van der Waals surface area contributed by atoms with Gasteiger partial charge < -0.3 is 10.8 Å². The summed E-state index contributed by atoms with van der Waals surface area (Å²) in [5.74, 6) is 0.424. The minimum Gasteiger partial charge on any atom is -0.388 e. The molecule has 3 N–H and O–H groups in total. The molecule has 2 rings (SSSR count). The lowest BCUT2D eigenvalue weighted by atomic mass is 10.0. The second kappa shape index (κ2) is 5.30. The predicted molar refractivity (Wildman–Crippen MR) is 68.5 cm³/mol. The summed E-state index contributed by atoms with van der Waals surface area (Å²) in [6.07, 6.45) is 1.31. The van der Waals surface area contributed by atoms with Crippen LogP contribution >= 0.6 is 0 Å². The largest absolute Gasteiger partial charge is 0.388 e. The topological polar surface area (TPSA) is 82.9 Å². The van der Waals surface area contributed by atoms with Crippen molar-refractivity contribution < 1.29 is 5.11 Å². The Morgan fingerprint density at radius 2 is 2.17 bits per heavy atom. The van der Waals surface area contributed by atoms with Crippen LogP contribution in [-0.4, -0.2) is 10.1 Å². The monoisotopic (exact) mass is 239 g/mol. The zero-order valence-electron chi connectivity index (χ0n) is 9.74. The third kappa shape index (κ3) is 2.65. The number of nitrogens with zero attached hydrogens (tertiary/aromatic N) is 2. The van der Waals surface area contributed by atoms with Gasteiger partial charge in [0.1, 0.15) is 5.82 Å². The van der Waals surface area contributed by atoms with Crippen LogP contribution in [0.15, 0.2) is 42.6 Å². The van der Waals surface area contributed by atoms with Gasteiger partial charge in [-0.3, -0.25) is 0 Å². The van der Waals surface area contributed by atoms with Crippen molar-refractivity contribution >= 4 is 5.82 Å². The Kier molecular flexibility index (Phi) is 3.56. The molecule has 0 aliphatic rings. The zero-order chi connectivity index (χ0) is 13.0. The Bertz CT molecular complexity index is 590. The average Bonchev–Trinajstić information content (AvgIpc) is 2.41. The highest BCUT2D eigenvalue weighted by Crippen LogP contribution is 2.21. The number of aliphatic hydroxyl groups is 1. The van der Waals surface area contributed by atoms with Gasteiger partial charge in [-0.25, -0.2) is 4.98 Å². The number of pyridine rings is 1. The number of nitrogens with two attached hydrogens (primary N) is 1. The highest BCUT2D eigenvalue weighted by atomic mass is 16.3. The molecule has 0 fully saturated rings. The van der Waals surface area contributed by atoms with Gasteiger partial charge in [-0.2, -0.15) is 5.26 Å². The molecule has 0 spiro atoms. The molecule has 18 heavy (non-hydrogen) atoms. The highest BCUT2D eigenvalue weighted by molar-refractivity contribution is 5.40. The second-order valence-corrected chi connectivity index (χ2v) is 4.00. The van der Waals surface area contributed by atoms with Gasteiger partial charge in [0.15, 0.2) is 0 Å². The van der Waals surface area contributed by atoms with Crippen LogP contribution < -0.4 is 5.73 Å². The number of aliphatic hydroxyl groups excluding tert-OH is 1. The summed E-state index contributed by atoms with van der Waals surface area (Å²) in [5.41, 5.74) is 7.77. The summed E-state index contributed by atoms with van der Waals surface area (Å²) in [6, 6.07) is 12.6. The van der Waals surface area contributed by atoms with Crippen LogP contribution in [-0.2, 0) is 6.42 Å². The molecule has 1 aromatic heterocycles. The Labute approximate surface area is 105 Å². The maximum absolute atomic E-state index is 10.1. The van der Waals surface area contributed by atoms with E-state index in [2.05, 4.69) is 4.98 Å². The van der Waals surface area contributed by atoms with Crippen molar-refractivity contribution in [3.8, 4) is 6.07 Å². The smallest absolute Gasteiger partial charge is 0.126 e. The first kappa shape index (κ1) is 12.1.